The van der Waals surface area contributed by atoms with Crippen LogP contribution in [0.1, 0.15) is 62.3 Å². The molecule has 1 saturated carbocycles. The van der Waals surface area contributed by atoms with Gasteiger partial charge in [0.05, 0.1) is 11.2 Å². The molecule has 104 valence electrons. The predicted molar refractivity (Wildman–Crippen MR) is 75.4 cm³/mol. The van der Waals surface area contributed by atoms with E-state index in [-0.39, 0.29) is 17.5 Å². The number of amides is 1. The first-order chi connectivity index (χ1) is 8.97. The van der Waals surface area contributed by atoms with Crippen LogP contribution >= 0.6 is 11.6 Å². The Morgan fingerprint density at radius 1 is 1.53 bits per heavy atom. The first-order valence-corrected chi connectivity index (χ1v) is 7.16. The third kappa shape index (κ3) is 3.24. The zero-order valence-electron chi connectivity index (χ0n) is 11.7. The maximum Gasteiger partial charge on any atom is 0.271 e. The van der Waals surface area contributed by atoms with E-state index in [0.717, 1.165) is 6.42 Å². The van der Waals surface area contributed by atoms with Gasteiger partial charge in [-0.1, -0.05) is 32.4 Å². The van der Waals surface area contributed by atoms with Crippen LogP contribution in [0.25, 0.3) is 0 Å². The zero-order valence-corrected chi connectivity index (χ0v) is 12.4. The molecule has 1 fully saturated rings. The highest BCUT2D eigenvalue weighted by atomic mass is 35.5. The van der Waals surface area contributed by atoms with Crippen molar-refractivity contribution in [2.24, 2.45) is 5.41 Å². The Kier molecular flexibility index (Phi) is 4.09. The summed E-state index contributed by atoms with van der Waals surface area (Å²) in [6, 6.07) is 0. The van der Waals surface area contributed by atoms with Gasteiger partial charge in [0.2, 0.25) is 0 Å². The average Bonchev–Trinajstić information content (AvgIpc) is 3.17. The van der Waals surface area contributed by atoms with Crippen LogP contribution in [-0.4, -0.2) is 22.4 Å². The van der Waals surface area contributed by atoms with Crippen LogP contribution in [0.5, 0.6) is 0 Å². The molecule has 1 amide bonds. The first kappa shape index (κ1) is 14.3. The molecule has 5 heteroatoms. The zero-order chi connectivity index (χ0) is 14.0. The second-order valence-electron chi connectivity index (χ2n) is 5.62. The summed E-state index contributed by atoms with van der Waals surface area (Å²) in [6.07, 6.45) is 4.99. The van der Waals surface area contributed by atoms with Gasteiger partial charge < -0.3 is 5.32 Å². The molecule has 19 heavy (non-hydrogen) atoms. The fourth-order valence-corrected chi connectivity index (χ4v) is 2.18. The van der Waals surface area contributed by atoms with E-state index in [1.54, 1.807) is 0 Å². The van der Waals surface area contributed by atoms with Crippen LogP contribution in [0.2, 0.25) is 5.02 Å². The first-order valence-electron chi connectivity index (χ1n) is 6.78. The minimum absolute atomic E-state index is 0.175. The molecule has 2 rings (SSSR count). The Bertz CT molecular complexity index is 484. The SMILES string of the molecule is CCC1(CNC(=O)c2nc(C(C)C)ncc2Cl)CC1. The van der Waals surface area contributed by atoms with Gasteiger partial charge in [-0.2, -0.15) is 0 Å². The van der Waals surface area contributed by atoms with E-state index in [1.165, 1.54) is 19.0 Å². The number of nitrogens with zero attached hydrogens (tertiary/aromatic N) is 2. The highest BCUT2D eigenvalue weighted by molar-refractivity contribution is 6.33. The lowest BCUT2D eigenvalue weighted by Crippen LogP contribution is -2.31. The summed E-state index contributed by atoms with van der Waals surface area (Å²) >= 11 is 6.01. The lowest BCUT2D eigenvalue weighted by molar-refractivity contribution is 0.0939. The van der Waals surface area contributed by atoms with Crippen molar-refractivity contribution in [1.29, 1.82) is 0 Å². The van der Waals surface area contributed by atoms with Crippen LogP contribution in [0.4, 0.5) is 0 Å². The monoisotopic (exact) mass is 281 g/mol. The van der Waals surface area contributed by atoms with Crippen LogP contribution in [0.15, 0.2) is 6.20 Å². The van der Waals surface area contributed by atoms with Crippen LogP contribution in [0.3, 0.4) is 0 Å². The Balaban J connectivity index is 2.07. The fourth-order valence-electron chi connectivity index (χ4n) is 2.00. The molecular weight excluding hydrogens is 262 g/mol. The Hall–Kier alpha value is -1.16. The van der Waals surface area contributed by atoms with E-state index < -0.39 is 0 Å². The highest BCUT2D eigenvalue weighted by Crippen LogP contribution is 2.47. The van der Waals surface area contributed by atoms with Crippen molar-refractivity contribution in [2.75, 3.05) is 6.54 Å². The van der Waals surface area contributed by atoms with Crippen molar-refractivity contribution in [3.8, 4) is 0 Å². The number of aromatic nitrogens is 2. The molecule has 0 bridgehead atoms. The van der Waals surface area contributed by atoms with Crippen LogP contribution < -0.4 is 5.32 Å². The molecular formula is C14H20ClN3O. The summed E-state index contributed by atoms with van der Waals surface area (Å²) in [5, 5.41) is 3.25. The smallest absolute Gasteiger partial charge is 0.271 e. The van der Waals surface area contributed by atoms with Gasteiger partial charge >= 0.3 is 0 Å². The quantitative estimate of drug-likeness (QED) is 0.902. The Morgan fingerprint density at radius 2 is 2.21 bits per heavy atom. The molecule has 0 unspecified atom stereocenters. The second kappa shape index (κ2) is 5.45. The van der Waals surface area contributed by atoms with Crippen molar-refractivity contribution in [1.82, 2.24) is 15.3 Å². The van der Waals surface area contributed by atoms with Crippen LogP contribution in [-0.2, 0) is 0 Å². The molecule has 1 aromatic rings. The lowest BCUT2D eigenvalue weighted by Gasteiger charge is -2.14. The number of carbonyl (C=O) groups is 1. The lowest BCUT2D eigenvalue weighted by atomic mass is 10.0. The molecule has 1 heterocycles. The van der Waals surface area contributed by atoms with Crippen molar-refractivity contribution < 1.29 is 4.79 Å². The molecule has 0 saturated heterocycles. The van der Waals surface area contributed by atoms with E-state index in [4.69, 9.17) is 11.6 Å². The molecule has 0 aliphatic heterocycles. The third-order valence-corrected chi connectivity index (χ3v) is 4.10. The van der Waals surface area contributed by atoms with E-state index >= 15 is 0 Å². The minimum atomic E-state index is -0.200. The number of nitrogens with one attached hydrogen (secondary N) is 1. The Morgan fingerprint density at radius 3 is 2.74 bits per heavy atom. The molecule has 0 atom stereocenters. The van der Waals surface area contributed by atoms with E-state index in [9.17, 15) is 4.79 Å². The van der Waals surface area contributed by atoms with Gasteiger partial charge in [-0.3, -0.25) is 4.79 Å². The van der Waals surface area contributed by atoms with Crippen molar-refractivity contribution in [3.05, 3.63) is 22.7 Å². The van der Waals surface area contributed by atoms with Gasteiger partial charge in [-0.25, -0.2) is 9.97 Å². The largest absolute Gasteiger partial charge is 0.350 e. The maximum absolute atomic E-state index is 12.1. The van der Waals surface area contributed by atoms with Gasteiger partial charge in [-0.15, -0.1) is 0 Å². The molecule has 0 aromatic carbocycles. The maximum atomic E-state index is 12.1. The van der Waals surface area contributed by atoms with Gasteiger partial charge in [0.25, 0.3) is 5.91 Å². The fraction of sp³-hybridized carbons (Fsp3) is 0.643. The summed E-state index contributed by atoms with van der Waals surface area (Å²) in [7, 11) is 0. The van der Waals surface area contributed by atoms with Gasteiger partial charge in [0.1, 0.15) is 11.5 Å². The summed E-state index contributed by atoms with van der Waals surface area (Å²) in [6.45, 7) is 6.84. The number of carbonyl (C=O) groups excluding carboxylic acids is 1. The highest BCUT2D eigenvalue weighted by Gasteiger charge is 2.40. The van der Waals surface area contributed by atoms with E-state index in [1.807, 2.05) is 13.8 Å². The van der Waals surface area contributed by atoms with Crippen molar-refractivity contribution >= 4 is 17.5 Å². The number of halogens is 1. The predicted octanol–water partition coefficient (Wildman–Crippen LogP) is 3.17. The summed E-state index contributed by atoms with van der Waals surface area (Å²) < 4.78 is 0. The molecule has 0 spiro atoms. The van der Waals surface area contributed by atoms with Gasteiger partial charge in [0.15, 0.2) is 0 Å². The van der Waals surface area contributed by atoms with Gasteiger partial charge in [-0.05, 0) is 24.7 Å². The molecule has 1 aliphatic carbocycles. The average molecular weight is 282 g/mol. The Labute approximate surface area is 119 Å². The minimum Gasteiger partial charge on any atom is -0.350 e. The van der Waals surface area contributed by atoms with Crippen molar-refractivity contribution in [2.45, 2.75) is 46.0 Å². The van der Waals surface area contributed by atoms with Crippen LogP contribution in [0, 0.1) is 5.41 Å². The summed E-state index contributed by atoms with van der Waals surface area (Å²) in [5.74, 6) is 0.620. The molecule has 1 aliphatic rings. The number of rotatable bonds is 5. The molecule has 1 N–H and O–H groups in total. The standard InChI is InChI=1S/C14H20ClN3O/c1-4-14(5-6-14)8-17-13(19)11-10(15)7-16-12(18-11)9(2)3/h7,9H,4-6,8H2,1-3H3,(H,17,19). The van der Waals surface area contributed by atoms with E-state index in [2.05, 4.69) is 22.2 Å². The van der Waals surface area contributed by atoms with Crippen molar-refractivity contribution in [3.63, 3.8) is 0 Å². The third-order valence-electron chi connectivity index (χ3n) is 3.83. The number of hydrogen-bond donors (Lipinski definition) is 1. The molecule has 4 nitrogen and oxygen atoms in total. The summed E-state index contributed by atoms with van der Waals surface area (Å²) in [5.41, 5.74) is 0.600. The van der Waals surface area contributed by atoms with Gasteiger partial charge in [0, 0.05) is 12.5 Å². The summed E-state index contributed by atoms with van der Waals surface area (Å²) in [4.78, 5) is 20.5. The van der Waals surface area contributed by atoms with E-state index in [0.29, 0.717) is 22.8 Å². The second-order valence-corrected chi connectivity index (χ2v) is 6.02. The molecule has 1 aromatic heterocycles. The topological polar surface area (TPSA) is 54.9 Å². The molecule has 0 radical (unpaired) electrons. The number of hydrogen-bond acceptors (Lipinski definition) is 3. The normalized spacial score (nSPS) is 16.5.